The molecule has 0 aliphatic carbocycles. The SMILES string of the molecule is OCC1O[C@H](O[C@H](C(O)CO)C(O)C(O)O)C(O)C(O)[C@@H]1O. The molecule has 22 heavy (non-hydrogen) atoms. The summed E-state index contributed by atoms with van der Waals surface area (Å²) < 4.78 is 9.98. The van der Waals surface area contributed by atoms with Crippen molar-refractivity contribution in [3.8, 4) is 0 Å². The van der Waals surface area contributed by atoms with E-state index in [0.29, 0.717) is 0 Å². The Hall–Kier alpha value is -0.440. The highest BCUT2D eigenvalue weighted by molar-refractivity contribution is 4.90. The Labute approximate surface area is 125 Å². The van der Waals surface area contributed by atoms with Crippen LogP contribution in [0, 0.1) is 0 Å². The molecule has 1 fully saturated rings. The van der Waals surface area contributed by atoms with Gasteiger partial charge in [0.15, 0.2) is 12.6 Å². The summed E-state index contributed by atoms with van der Waals surface area (Å²) in [5, 5.41) is 83.8. The van der Waals surface area contributed by atoms with Crippen molar-refractivity contribution in [3.63, 3.8) is 0 Å². The maximum atomic E-state index is 9.75. The minimum Gasteiger partial charge on any atom is -0.394 e. The van der Waals surface area contributed by atoms with Gasteiger partial charge in [-0.25, -0.2) is 0 Å². The van der Waals surface area contributed by atoms with Crippen molar-refractivity contribution >= 4 is 0 Å². The van der Waals surface area contributed by atoms with Crippen LogP contribution in [0.4, 0.5) is 0 Å². The Morgan fingerprint density at radius 1 is 0.909 bits per heavy atom. The highest BCUT2D eigenvalue weighted by Gasteiger charge is 2.46. The van der Waals surface area contributed by atoms with Crippen molar-refractivity contribution in [2.45, 2.75) is 55.3 Å². The molecule has 1 heterocycles. The Morgan fingerprint density at radius 2 is 1.50 bits per heavy atom. The fourth-order valence-corrected chi connectivity index (χ4v) is 2.01. The van der Waals surface area contributed by atoms with Crippen LogP contribution in [0.1, 0.15) is 0 Å². The molecule has 5 unspecified atom stereocenters. The highest BCUT2D eigenvalue weighted by atomic mass is 16.7. The fourth-order valence-electron chi connectivity index (χ4n) is 2.01. The van der Waals surface area contributed by atoms with Gasteiger partial charge in [0.05, 0.1) is 13.2 Å². The van der Waals surface area contributed by atoms with Crippen LogP contribution in [0.15, 0.2) is 0 Å². The topological polar surface area (TPSA) is 201 Å². The molecule has 1 rings (SSSR count). The molecule has 0 aromatic carbocycles. The highest BCUT2D eigenvalue weighted by Crippen LogP contribution is 2.24. The first-order valence-corrected chi connectivity index (χ1v) is 6.53. The molecule has 11 heteroatoms. The molecular weight excluding hydrogens is 308 g/mol. The number of ether oxygens (including phenoxy) is 2. The normalized spacial score (nSPS) is 37.1. The number of rotatable bonds is 7. The lowest BCUT2D eigenvalue weighted by Gasteiger charge is -2.42. The van der Waals surface area contributed by atoms with E-state index in [1.165, 1.54) is 0 Å². The summed E-state index contributed by atoms with van der Waals surface area (Å²) in [4.78, 5) is 0. The molecule has 0 aromatic rings. The third-order valence-electron chi connectivity index (χ3n) is 3.35. The van der Waals surface area contributed by atoms with E-state index in [-0.39, 0.29) is 0 Å². The molecule has 8 atom stereocenters. The molecule has 0 bridgehead atoms. The molecule has 0 amide bonds. The second-order valence-electron chi connectivity index (χ2n) is 4.95. The summed E-state index contributed by atoms with van der Waals surface area (Å²) >= 11 is 0. The van der Waals surface area contributed by atoms with Crippen LogP contribution in [0.25, 0.3) is 0 Å². The monoisotopic (exact) mass is 330 g/mol. The van der Waals surface area contributed by atoms with Gasteiger partial charge in [0, 0.05) is 0 Å². The zero-order valence-electron chi connectivity index (χ0n) is 11.5. The van der Waals surface area contributed by atoms with Gasteiger partial charge in [0.25, 0.3) is 0 Å². The van der Waals surface area contributed by atoms with E-state index in [4.69, 9.17) is 29.9 Å². The van der Waals surface area contributed by atoms with Crippen molar-refractivity contribution in [1.82, 2.24) is 0 Å². The minimum atomic E-state index is -2.32. The molecule has 132 valence electrons. The average molecular weight is 330 g/mol. The number of aliphatic hydroxyl groups is 9. The lowest BCUT2D eigenvalue weighted by molar-refractivity contribution is -0.331. The van der Waals surface area contributed by atoms with Gasteiger partial charge in [-0.3, -0.25) is 0 Å². The van der Waals surface area contributed by atoms with E-state index in [9.17, 15) is 25.5 Å². The van der Waals surface area contributed by atoms with E-state index in [0.717, 1.165) is 0 Å². The predicted octanol–water partition coefficient (Wildman–Crippen LogP) is -5.80. The zero-order valence-corrected chi connectivity index (χ0v) is 11.5. The smallest absolute Gasteiger partial charge is 0.187 e. The number of hydrogen-bond donors (Lipinski definition) is 9. The van der Waals surface area contributed by atoms with Gasteiger partial charge >= 0.3 is 0 Å². The lowest BCUT2D eigenvalue weighted by Crippen LogP contribution is -2.61. The molecule has 11 nitrogen and oxygen atoms in total. The zero-order chi connectivity index (χ0) is 17.0. The molecule has 1 aliphatic heterocycles. The number of hydrogen-bond acceptors (Lipinski definition) is 11. The Morgan fingerprint density at radius 3 is 1.95 bits per heavy atom. The van der Waals surface area contributed by atoms with Crippen molar-refractivity contribution in [1.29, 1.82) is 0 Å². The first-order valence-electron chi connectivity index (χ1n) is 6.53. The van der Waals surface area contributed by atoms with Crippen LogP contribution < -0.4 is 0 Å². The molecule has 0 saturated carbocycles. The molecule has 9 N–H and O–H groups in total. The summed E-state index contributed by atoms with van der Waals surface area (Å²) in [5.41, 5.74) is 0. The van der Waals surface area contributed by atoms with Gasteiger partial charge in [0.2, 0.25) is 0 Å². The summed E-state index contributed by atoms with van der Waals surface area (Å²) in [6.45, 7) is -1.63. The largest absolute Gasteiger partial charge is 0.394 e. The van der Waals surface area contributed by atoms with E-state index in [1.54, 1.807) is 0 Å². The first kappa shape index (κ1) is 19.6. The number of aliphatic hydroxyl groups excluding tert-OH is 8. The second kappa shape index (κ2) is 8.42. The van der Waals surface area contributed by atoms with E-state index >= 15 is 0 Å². The van der Waals surface area contributed by atoms with E-state index in [1.807, 2.05) is 0 Å². The van der Waals surface area contributed by atoms with Crippen molar-refractivity contribution in [3.05, 3.63) is 0 Å². The van der Waals surface area contributed by atoms with Gasteiger partial charge in [-0.05, 0) is 0 Å². The van der Waals surface area contributed by atoms with Crippen molar-refractivity contribution in [2.75, 3.05) is 13.2 Å². The van der Waals surface area contributed by atoms with E-state index < -0.39 is 68.5 Å². The molecule has 0 radical (unpaired) electrons. The van der Waals surface area contributed by atoms with Crippen molar-refractivity contribution in [2.24, 2.45) is 0 Å². The van der Waals surface area contributed by atoms with Crippen LogP contribution in [-0.4, -0.2) is 114 Å². The lowest BCUT2D eigenvalue weighted by atomic mass is 9.99. The third kappa shape index (κ3) is 4.31. The minimum absolute atomic E-state index is 0.719. The maximum Gasteiger partial charge on any atom is 0.187 e. The predicted molar refractivity (Wildman–Crippen MR) is 66.0 cm³/mol. The van der Waals surface area contributed by atoms with Crippen LogP contribution in [-0.2, 0) is 9.47 Å². The van der Waals surface area contributed by atoms with Gasteiger partial charge in [-0.1, -0.05) is 0 Å². The average Bonchev–Trinajstić information content (AvgIpc) is 2.50. The van der Waals surface area contributed by atoms with Gasteiger partial charge in [-0.2, -0.15) is 0 Å². The van der Waals surface area contributed by atoms with Crippen LogP contribution in [0.2, 0.25) is 0 Å². The second-order valence-corrected chi connectivity index (χ2v) is 4.95. The van der Waals surface area contributed by atoms with Gasteiger partial charge < -0.3 is 55.4 Å². The quantitative estimate of drug-likeness (QED) is 0.201. The van der Waals surface area contributed by atoms with Crippen molar-refractivity contribution < 1.29 is 55.4 Å². The Balaban J connectivity index is 2.86. The Kier molecular flexibility index (Phi) is 7.51. The molecule has 1 aliphatic rings. The first-order chi connectivity index (χ1) is 10.2. The fraction of sp³-hybridized carbons (Fsp3) is 1.00. The molecule has 0 aromatic heterocycles. The summed E-state index contributed by atoms with van der Waals surface area (Å²) in [6.07, 6.45) is -16.1. The van der Waals surface area contributed by atoms with E-state index in [2.05, 4.69) is 0 Å². The van der Waals surface area contributed by atoms with Gasteiger partial charge in [0.1, 0.15) is 42.7 Å². The van der Waals surface area contributed by atoms with Crippen LogP contribution >= 0.6 is 0 Å². The van der Waals surface area contributed by atoms with Crippen LogP contribution in [0.5, 0.6) is 0 Å². The summed E-state index contributed by atoms with van der Waals surface area (Å²) in [7, 11) is 0. The molecular formula is C11H22O11. The molecule has 1 saturated heterocycles. The third-order valence-corrected chi connectivity index (χ3v) is 3.35. The maximum absolute atomic E-state index is 9.75. The summed E-state index contributed by atoms with van der Waals surface area (Å²) in [5.74, 6) is 0. The summed E-state index contributed by atoms with van der Waals surface area (Å²) in [6, 6.07) is 0. The molecule has 0 spiro atoms. The van der Waals surface area contributed by atoms with Gasteiger partial charge in [-0.15, -0.1) is 0 Å². The Bertz CT molecular complexity index is 325. The van der Waals surface area contributed by atoms with Crippen LogP contribution in [0.3, 0.4) is 0 Å². The standard InChI is InChI=1S/C11H22O11/c12-1-3(14)9(8(18)10(19)20)22-11-7(17)6(16)5(15)4(2-13)21-11/h3-20H,1-2H2/t3?,4?,5-,6?,7?,8?,9-,11-/m1/s1.